The van der Waals surface area contributed by atoms with E-state index in [0.717, 1.165) is 56.0 Å². The van der Waals surface area contributed by atoms with E-state index in [9.17, 15) is 10.2 Å². The van der Waals surface area contributed by atoms with Crippen molar-refractivity contribution in [1.29, 1.82) is 0 Å². The van der Waals surface area contributed by atoms with Gasteiger partial charge in [-0.05, 0) is 131 Å². The van der Waals surface area contributed by atoms with Gasteiger partial charge < -0.3 is 10.2 Å². The first-order valence-electron chi connectivity index (χ1n) is 13.2. The summed E-state index contributed by atoms with van der Waals surface area (Å²) in [5.74, 6) is -0.0113. The molecular weight excluding hydrogens is 471 g/mol. The largest absolute Gasteiger partial charge is 0.508 e. The zero-order chi connectivity index (χ0) is 26.5. The lowest BCUT2D eigenvalue weighted by Gasteiger charge is -2.19. The van der Waals surface area contributed by atoms with Crippen molar-refractivity contribution in [2.45, 2.75) is 46.5 Å². The number of benzene rings is 5. The third kappa shape index (κ3) is 2.99. The molecule has 3 heteroatoms. The molecule has 0 aromatic heterocycles. The Kier molecular flexibility index (Phi) is 4.82. The standard InChI is InChI=1S/C35H29FO2/c1-17-12-27-28(13-22-14-29-26(16-30(22)36)19(3)18(2)20(4)35(29)38)33-31(37)15-21-8-5-6-9-24(21)34(33)32(27)25-11-7-10-23(17)25/h5-10,12,14-16,28,37-38H,11,13H2,1-4H3. The lowest BCUT2D eigenvalue weighted by Crippen LogP contribution is -2.05. The molecule has 2 aliphatic rings. The van der Waals surface area contributed by atoms with E-state index in [1.54, 1.807) is 6.07 Å². The molecule has 0 fully saturated rings. The molecule has 0 saturated carbocycles. The first kappa shape index (κ1) is 23.0. The highest BCUT2D eigenvalue weighted by Gasteiger charge is 2.36. The number of aryl methyl sites for hydroxylation is 2. The average molecular weight is 501 g/mol. The molecule has 0 aliphatic heterocycles. The lowest BCUT2D eigenvalue weighted by molar-refractivity contribution is 0.466. The molecule has 5 aromatic carbocycles. The minimum Gasteiger partial charge on any atom is -0.508 e. The molecule has 38 heavy (non-hydrogen) atoms. The van der Waals surface area contributed by atoms with Gasteiger partial charge in [-0.25, -0.2) is 4.39 Å². The predicted molar refractivity (Wildman–Crippen MR) is 154 cm³/mol. The van der Waals surface area contributed by atoms with Gasteiger partial charge in [0.05, 0.1) is 0 Å². The van der Waals surface area contributed by atoms with E-state index < -0.39 is 0 Å². The average Bonchev–Trinajstić information content (AvgIpc) is 3.51. The number of fused-ring (bicyclic) bond motifs is 8. The van der Waals surface area contributed by atoms with Crippen LogP contribution < -0.4 is 0 Å². The summed E-state index contributed by atoms with van der Waals surface area (Å²) in [6, 6.07) is 15.7. The highest BCUT2D eigenvalue weighted by Crippen LogP contribution is 2.56. The summed E-state index contributed by atoms with van der Waals surface area (Å²) in [7, 11) is 0. The Morgan fingerprint density at radius 1 is 0.842 bits per heavy atom. The van der Waals surface area contributed by atoms with E-state index in [4.69, 9.17) is 0 Å². The van der Waals surface area contributed by atoms with Crippen molar-refractivity contribution in [3.8, 4) is 22.6 Å². The van der Waals surface area contributed by atoms with Crippen LogP contribution >= 0.6 is 0 Å². The number of hydrogen-bond donors (Lipinski definition) is 2. The minimum absolute atomic E-state index is 0.198. The molecule has 0 heterocycles. The number of phenols is 2. The minimum atomic E-state index is -0.280. The summed E-state index contributed by atoms with van der Waals surface area (Å²) >= 11 is 0. The molecule has 2 N–H and O–H groups in total. The summed E-state index contributed by atoms with van der Waals surface area (Å²) in [6.07, 6.45) is 5.64. The zero-order valence-corrected chi connectivity index (χ0v) is 22.0. The number of hydrogen-bond acceptors (Lipinski definition) is 2. The number of halogens is 1. The maximum atomic E-state index is 15.8. The lowest BCUT2D eigenvalue weighted by atomic mass is 9.86. The van der Waals surface area contributed by atoms with E-state index in [1.807, 2.05) is 51.1 Å². The molecule has 2 nitrogen and oxygen atoms in total. The number of allylic oxidation sites excluding steroid dienone is 1. The molecule has 0 saturated heterocycles. The van der Waals surface area contributed by atoms with Crippen molar-refractivity contribution >= 4 is 27.6 Å². The van der Waals surface area contributed by atoms with Crippen molar-refractivity contribution in [3.63, 3.8) is 0 Å². The Labute approximate surface area is 221 Å². The van der Waals surface area contributed by atoms with Crippen LogP contribution in [0.2, 0.25) is 0 Å². The van der Waals surface area contributed by atoms with Gasteiger partial charge in [0, 0.05) is 16.9 Å². The van der Waals surface area contributed by atoms with Gasteiger partial charge in [-0.1, -0.05) is 42.5 Å². The third-order valence-corrected chi connectivity index (χ3v) is 9.11. The van der Waals surface area contributed by atoms with Crippen molar-refractivity contribution in [3.05, 3.63) is 110 Å². The fourth-order valence-corrected chi connectivity index (χ4v) is 6.94. The first-order valence-corrected chi connectivity index (χ1v) is 13.2. The molecule has 1 atom stereocenters. The van der Waals surface area contributed by atoms with E-state index in [-0.39, 0.29) is 23.2 Å². The van der Waals surface area contributed by atoms with E-state index >= 15 is 4.39 Å². The monoisotopic (exact) mass is 500 g/mol. The summed E-state index contributed by atoms with van der Waals surface area (Å²) in [5.41, 5.74) is 11.4. The summed E-state index contributed by atoms with van der Waals surface area (Å²) < 4.78 is 15.8. The van der Waals surface area contributed by atoms with Crippen molar-refractivity contribution in [2.75, 3.05) is 0 Å². The second-order valence-corrected chi connectivity index (χ2v) is 11.0. The Morgan fingerprint density at radius 3 is 2.45 bits per heavy atom. The highest BCUT2D eigenvalue weighted by molar-refractivity contribution is 6.05. The Hall–Kier alpha value is -4.11. The summed E-state index contributed by atoms with van der Waals surface area (Å²) in [5, 5.41) is 25.9. The van der Waals surface area contributed by atoms with Crippen LogP contribution in [-0.4, -0.2) is 10.2 Å². The number of phenolic OH excluding ortho intramolecular Hbond substituents is 2. The Balaban J connectivity index is 1.50. The van der Waals surface area contributed by atoms with Gasteiger partial charge >= 0.3 is 0 Å². The van der Waals surface area contributed by atoms with Crippen LogP contribution in [0.25, 0.3) is 38.7 Å². The molecule has 1 unspecified atom stereocenters. The van der Waals surface area contributed by atoms with Crippen molar-refractivity contribution in [2.24, 2.45) is 0 Å². The van der Waals surface area contributed by atoms with Gasteiger partial charge in [0.1, 0.15) is 17.3 Å². The maximum Gasteiger partial charge on any atom is 0.127 e. The van der Waals surface area contributed by atoms with Gasteiger partial charge in [-0.2, -0.15) is 0 Å². The number of rotatable bonds is 2. The summed E-state index contributed by atoms with van der Waals surface area (Å²) in [6.45, 7) is 7.98. The van der Waals surface area contributed by atoms with Crippen molar-refractivity contribution < 1.29 is 14.6 Å². The Bertz CT molecular complexity index is 1890. The Morgan fingerprint density at radius 2 is 1.63 bits per heavy atom. The highest BCUT2D eigenvalue weighted by atomic mass is 19.1. The van der Waals surface area contributed by atoms with Crippen LogP contribution in [0.5, 0.6) is 11.5 Å². The van der Waals surface area contributed by atoms with Crippen LogP contribution in [0.3, 0.4) is 0 Å². The van der Waals surface area contributed by atoms with E-state index in [0.29, 0.717) is 17.4 Å². The molecule has 0 radical (unpaired) electrons. The van der Waals surface area contributed by atoms with Gasteiger partial charge in [-0.3, -0.25) is 0 Å². The molecule has 2 aliphatic carbocycles. The maximum absolute atomic E-state index is 15.8. The zero-order valence-electron chi connectivity index (χ0n) is 22.0. The molecule has 0 amide bonds. The van der Waals surface area contributed by atoms with Crippen LogP contribution in [0.15, 0.2) is 54.6 Å². The summed E-state index contributed by atoms with van der Waals surface area (Å²) in [4.78, 5) is 0. The van der Waals surface area contributed by atoms with Crippen molar-refractivity contribution in [1.82, 2.24) is 0 Å². The molecular formula is C35H29FO2. The van der Waals surface area contributed by atoms with Crippen LogP contribution in [-0.2, 0) is 12.8 Å². The van der Waals surface area contributed by atoms with Crippen LogP contribution in [0.1, 0.15) is 56.0 Å². The van der Waals surface area contributed by atoms with Crippen LogP contribution in [0, 0.1) is 33.5 Å². The van der Waals surface area contributed by atoms with Gasteiger partial charge in [0.15, 0.2) is 0 Å². The normalized spacial score (nSPS) is 15.3. The van der Waals surface area contributed by atoms with Gasteiger partial charge in [0.2, 0.25) is 0 Å². The quantitative estimate of drug-likeness (QED) is 0.254. The fraction of sp³-hybridized carbons (Fsp3) is 0.200. The topological polar surface area (TPSA) is 40.5 Å². The molecule has 0 spiro atoms. The number of aromatic hydroxyl groups is 2. The second kappa shape index (κ2) is 7.94. The molecule has 5 aromatic rings. The van der Waals surface area contributed by atoms with Gasteiger partial charge in [0.25, 0.3) is 0 Å². The fourth-order valence-electron chi connectivity index (χ4n) is 6.94. The second-order valence-electron chi connectivity index (χ2n) is 11.0. The van der Waals surface area contributed by atoms with E-state index in [2.05, 4.69) is 31.2 Å². The van der Waals surface area contributed by atoms with E-state index in [1.165, 1.54) is 22.3 Å². The molecule has 188 valence electrons. The van der Waals surface area contributed by atoms with Gasteiger partial charge in [-0.15, -0.1) is 0 Å². The third-order valence-electron chi connectivity index (χ3n) is 9.11. The predicted octanol–water partition coefficient (Wildman–Crippen LogP) is 8.70. The smallest absolute Gasteiger partial charge is 0.127 e. The first-order chi connectivity index (χ1) is 18.3. The molecule has 0 bridgehead atoms. The van der Waals surface area contributed by atoms with Crippen LogP contribution in [0.4, 0.5) is 4.39 Å². The molecule has 7 rings (SSSR count). The SMILES string of the molecule is Cc1cc2c(c3c1C=CC3)-c1c(c(O)cc3ccccc13)C2Cc1cc2c(O)c(C)c(C)c(C)c2cc1F.